The molecule has 0 aliphatic carbocycles. The Hall–Kier alpha value is -4.18. The number of methoxy groups -OCH3 is 2. The van der Waals surface area contributed by atoms with E-state index in [1.807, 2.05) is 44.2 Å². The standard InChI is InChI=1S/C25H24FN5O3S/c1-14-13-20(27-15(2)21(14)34-4)22-23(30-24(32)28-17-7-5-16(26)6-8-17)31-25(35-22)29-18-9-11-19(33-3)12-10-18/h5-13H,1-4H3,(H,29,31)(H2,28,30,32). The lowest BCUT2D eigenvalue weighted by Crippen LogP contribution is -2.20. The molecule has 4 aromatic rings. The molecule has 0 fully saturated rings. The fraction of sp³-hybridized carbons (Fsp3) is 0.160. The van der Waals surface area contributed by atoms with Crippen molar-refractivity contribution in [1.82, 2.24) is 9.97 Å². The fourth-order valence-corrected chi connectivity index (χ4v) is 4.38. The Labute approximate surface area is 206 Å². The van der Waals surface area contributed by atoms with Crippen molar-refractivity contribution in [3.63, 3.8) is 0 Å². The van der Waals surface area contributed by atoms with E-state index < -0.39 is 6.03 Å². The van der Waals surface area contributed by atoms with Crippen LogP contribution in [0, 0.1) is 19.7 Å². The Morgan fingerprint density at radius 2 is 1.60 bits per heavy atom. The molecule has 0 saturated heterocycles. The van der Waals surface area contributed by atoms with E-state index in [0.717, 1.165) is 22.7 Å². The number of urea groups is 1. The maximum atomic E-state index is 13.2. The predicted octanol–water partition coefficient (Wildman–Crippen LogP) is 6.37. The van der Waals surface area contributed by atoms with Crippen LogP contribution >= 0.6 is 11.3 Å². The van der Waals surface area contributed by atoms with Crippen LogP contribution in [0.25, 0.3) is 10.6 Å². The van der Waals surface area contributed by atoms with Crippen molar-refractivity contribution < 1.29 is 18.7 Å². The topological polar surface area (TPSA) is 97.4 Å². The van der Waals surface area contributed by atoms with Gasteiger partial charge in [0.15, 0.2) is 10.9 Å². The number of benzene rings is 2. The quantitative estimate of drug-likeness (QED) is 0.277. The van der Waals surface area contributed by atoms with E-state index in [2.05, 4.69) is 25.9 Å². The summed E-state index contributed by atoms with van der Waals surface area (Å²) < 4.78 is 23.8. The van der Waals surface area contributed by atoms with Crippen molar-refractivity contribution in [1.29, 1.82) is 0 Å². The van der Waals surface area contributed by atoms with E-state index in [1.165, 1.54) is 35.6 Å². The monoisotopic (exact) mass is 493 g/mol. The van der Waals surface area contributed by atoms with E-state index >= 15 is 0 Å². The maximum absolute atomic E-state index is 13.2. The number of carbonyl (C=O) groups excluding carboxylic acids is 1. The number of nitrogens with zero attached hydrogens (tertiary/aromatic N) is 2. The van der Waals surface area contributed by atoms with Crippen molar-refractivity contribution in [2.45, 2.75) is 13.8 Å². The van der Waals surface area contributed by atoms with E-state index in [1.54, 1.807) is 14.2 Å². The first kappa shape index (κ1) is 24.0. The third-order valence-electron chi connectivity index (χ3n) is 5.07. The highest BCUT2D eigenvalue weighted by atomic mass is 32.1. The number of carbonyl (C=O) groups is 1. The molecule has 0 aliphatic rings. The van der Waals surface area contributed by atoms with Crippen LogP contribution in [-0.2, 0) is 0 Å². The predicted molar refractivity (Wildman–Crippen MR) is 137 cm³/mol. The molecule has 10 heteroatoms. The number of ether oxygens (including phenoxy) is 2. The van der Waals surface area contributed by atoms with Gasteiger partial charge in [0.05, 0.1) is 30.5 Å². The maximum Gasteiger partial charge on any atom is 0.324 e. The Morgan fingerprint density at radius 1 is 0.914 bits per heavy atom. The third-order valence-corrected chi connectivity index (χ3v) is 6.06. The minimum atomic E-state index is -0.513. The van der Waals surface area contributed by atoms with Gasteiger partial charge in [-0.25, -0.2) is 19.2 Å². The Balaban J connectivity index is 1.65. The van der Waals surface area contributed by atoms with E-state index in [9.17, 15) is 9.18 Å². The molecule has 2 aromatic heterocycles. The van der Waals surface area contributed by atoms with Gasteiger partial charge in [-0.1, -0.05) is 11.3 Å². The molecule has 8 nitrogen and oxygen atoms in total. The molecule has 3 N–H and O–H groups in total. The van der Waals surface area contributed by atoms with Crippen LogP contribution in [0.4, 0.5) is 31.5 Å². The van der Waals surface area contributed by atoms with Gasteiger partial charge >= 0.3 is 6.03 Å². The van der Waals surface area contributed by atoms with Gasteiger partial charge in [-0.3, -0.25) is 5.32 Å². The molecule has 0 saturated carbocycles. The van der Waals surface area contributed by atoms with Crippen LogP contribution in [0.5, 0.6) is 11.5 Å². The first-order valence-electron chi connectivity index (χ1n) is 10.6. The van der Waals surface area contributed by atoms with Crippen molar-refractivity contribution in [3.8, 4) is 22.1 Å². The highest BCUT2D eigenvalue weighted by molar-refractivity contribution is 7.19. The van der Waals surface area contributed by atoms with Crippen LogP contribution in [0.1, 0.15) is 11.3 Å². The summed E-state index contributed by atoms with van der Waals surface area (Å²) in [4.78, 5) is 22.6. The Morgan fingerprint density at radius 3 is 2.23 bits per heavy atom. The zero-order chi connectivity index (χ0) is 24.9. The van der Waals surface area contributed by atoms with Crippen molar-refractivity contribution >= 4 is 39.7 Å². The SMILES string of the molecule is COc1ccc(Nc2nc(NC(=O)Nc3ccc(F)cc3)c(-c3cc(C)c(OC)c(C)n3)s2)cc1. The molecule has 0 atom stereocenters. The minimum absolute atomic E-state index is 0.335. The van der Waals surface area contributed by atoms with E-state index in [4.69, 9.17) is 9.47 Å². The number of halogens is 1. The summed E-state index contributed by atoms with van der Waals surface area (Å²) in [5, 5.41) is 9.29. The van der Waals surface area contributed by atoms with Crippen LogP contribution in [0.2, 0.25) is 0 Å². The molecule has 2 heterocycles. The lowest BCUT2D eigenvalue weighted by atomic mass is 10.1. The number of thiazole rings is 1. The molecule has 2 aromatic carbocycles. The smallest absolute Gasteiger partial charge is 0.324 e. The molecule has 2 amide bonds. The molecule has 4 rings (SSSR count). The highest BCUT2D eigenvalue weighted by Crippen LogP contribution is 2.39. The second kappa shape index (κ2) is 10.4. The number of hydrogen-bond acceptors (Lipinski definition) is 7. The second-order valence-electron chi connectivity index (χ2n) is 7.58. The number of anilines is 4. The van der Waals surface area contributed by atoms with Gasteiger partial charge in [0.2, 0.25) is 0 Å². The number of nitrogens with one attached hydrogen (secondary N) is 3. The zero-order valence-electron chi connectivity index (χ0n) is 19.6. The van der Waals surface area contributed by atoms with Gasteiger partial charge < -0.3 is 20.1 Å². The number of pyridine rings is 1. The average Bonchev–Trinajstić information content (AvgIpc) is 3.22. The third kappa shape index (κ3) is 5.67. The highest BCUT2D eigenvalue weighted by Gasteiger charge is 2.19. The van der Waals surface area contributed by atoms with Crippen LogP contribution in [-0.4, -0.2) is 30.2 Å². The summed E-state index contributed by atoms with van der Waals surface area (Å²) in [5.74, 6) is 1.40. The van der Waals surface area contributed by atoms with Gasteiger partial charge in [0.25, 0.3) is 0 Å². The van der Waals surface area contributed by atoms with Gasteiger partial charge in [-0.2, -0.15) is 0 Å². The fourth-order valence-electron chi connectivity index (χ4n) is 3.48. The first-order valence-corrected chi connectivity index (χ1v) is 11.5. The first-order chi connectivity index (χ1) is 16.9. The van der Waals surface area contributed by atoms with Gasteiger partial charge in [0, 0.05) is 11.4 Å². The molecular formula is C25H24FN5O3S. The summed E-state index contributed by atoms with van der Waals surface area (Å²) >= 11 is 1.35. The van der Waals surface area contributed by atoms with E-state index in [-0.39, 0.29) is 5.82 Å². The van der Waals surface area contributed by atoms with Crippen molar-refractivity contribution in [2.24, 2.45) is 0 Å². The number of aryl methyl sites for hydroxylation is 2. The second-order valence-corrected chi connectivity index (χ2v) is 8.58. The number of rotatable bonds is 7. The largest absolute Gasteiger partial charge is 0.497 e. The molecule has 0 spiro atoms. The molecule has 0 aliphatic heterocycles. The summed E-state index contributed by atoms with van der Waals surface area (Å²) in [6.45, 7) is 3.80. The van der Waals surface area contributed by atoms with Gasteiger partial charge in [-0.05, 0) is 74.0 Å². The van der Waals surface area contributed by atoms with Crippen molar-refractivity contribution in [2.75, 3.05) is 30.2 Å². The molecule has 0 bridgehead atoms. The van der Waals surface area contributed by atoms with Crippen LogP contribution in [0.3, 0.4) is 0 Å². The summed E-state index contributed by atoms with van der Waals surface area (Å²) in [6.07, 6.45) is 0. The van der Waals surface area contributed by atoms with Gasteiger partial charge in [-0.15, -0.1) is 0 Å². The normalized spacial score (nSPS) is 10.5. The molecule has 0 unspecified atom stereocenters. The number of hydrogen-bond donors (Lipinski definition) is 3. The summed E-state index contributed by atoms with van der Waals surface area (Å²) in [6, 6.07) is 14.3. The number of amides is 2. The Kier molecular flexibility index (Phi) is 7.11. The summed E-state index contributed by atoms with van der Waals surface area (Å²) in [7, 11) is 3.21. The average molecular weight is 494 g/mol. The lowest BCUT2D eigenvalue weighted by Gasteiger charge is -2.11. The molecular weight excluding hydrogens is 469 g/mol. The minimum Gasteiger partial charge on any atom is -0.497 e. The zero-order valence-corrected chi connectivity index (χ0v) is 20.4. The van der Waals surface area contributed by atoms with Gasteiger partial charge in [0.1, 0.15) is 17.3 Å². The molecule has 35 heavy (non-hydrogen) atoms. The summed E-state index contributed by atoms with van der Waals surface area (Å²) in [5.41, 5.74) is 3.55. The van der Waals surface area contributed by atoms with E-state index in [0.29, 0.717) is 33.0 Å². The molecule has 0 radical (unpaired) electrons. The molecule has 180 valence electrons. The Bertz CT molecular complexity index is 1320. The van der Waals surface area contributed by atoms with Crippen LogP contribution in [0.15, 0.2) is 54.6 Å². The lowest BCUT2D eigenvalue weighted by molar-refractivity contribution is 0.262. The van der Waals surface area contributed by atoms with Crippen LogP contribution < -0.4 is 25.4 Å². The number of aromatic nitrogens is 2. The van der Waals surface area contributed by atoms with Crippen molar-refractivity contribution in [3.05, 3.63) is 71.7 Å².